The highest BCUT2D eigenvalue weighted by Crippen LogP contribution is 2.31. The Labute approximate surface area is 161 Å². The summed E-state index contributed by atoms with van der Waals surface area (Å²) in [5, 5.41) is 0. The Morgan fingerprint density at radius 3 is 2.50 bits per heavy atom. The summed E-state index contributed by atoms with van der Waals surface area (Å²) in [5.41, 5.74) is 12.8. The Hall–Kier alpha value is -3.68. The minimum atomic E-state index is -0.343. The van der Waals surface area contributed by atoms with E-state index in [2.05, 4.69) is 20.4 Å². The molecule has 142 valence electrons. The third-order valence-electron chi connectivity index (χ3n) is 4.49. The zero-order valence-corrected chi connectivity index (χ0v) is 15.8. The van der Waals surface area contributed by atoms with Gasteiger partial charge in [0.1, 0.15) is 11.6 Å². The van der Waals surface area contributed by atoms with Gasteiger partial charge in [-0.2, -0.15) is 4.98 Å². The minimum absolute atomic E-state index is 0.153. The average Bonchev–Trinajstić information content (AvgIpc) is 2.97. The van der Waals surface area contributed by atoms with Crippen molar-refractivity contribution in [2.75, 3.05) is 30.2 Å². The van der Waals surface area contributed by atoms with Gasteiger partial charge in [0.15, 0.2) is 5.82 Å². The molecule has 0 fully saturated rings. The summed E-state index contributed by atoms with van der Waals surface area (Å²) < 4.78 is 16.2. The number of anilines is 3. The number of benzene rings is 2. The Bertz CT molecular complexity index is 1150. The first-order valence-corrected chi connectivity index (χ1v) is 8.74. The number of fused-ring (bicyclic) bond motifs is 1. The van der Waals surface area contributed by atoms with Crippen LogP contribution in [0.2, 0.25) is 0 Å². The van der Waals surface area contributed by atoms with Crippen LogP contribution in [0.15, 0.2) is 48.7 Å². The van der Waals surface area contributed by atoms with Crippen molar-refractivity contribution in [3.8, 4) is 11.1 Å². The van der Waals surface area contributed by atoms with Gasteiger partial charge in [-0.25, -0.2) is 19.0 Å². The zero-order valence-electron chi connectivity index (χ0n) is 15.8. The number of hydrogen-bond donors (Lipinski definition) is 2. The summed E-state index contributed by atoms with van der Waals surface area (Å²) in [6.07, 6.45) is 1.55. The number of rotatable bonds is 4. The smallest absolute Gasteiger partial charge is 0.221 e. The van der Waals surface area contributed by atoms with Crippen LogP contribution in [0.25, 0.3) is 22.2 Å². The molecule has 0 amide bonds. The molecule has 4 rings (SSSR count). The van der Waals surface area contributed by atoms with Crippen molar-refractivity contribution in [1.29, 1.82) is 0 Å². The maximum atomic E-state index is 14.5. The normalized spacial score (nSPS) is 11.0. The van der Waals surface area contributed by atoms with E-state index >= 15 is 0 Å². The second-order valence-corrected chi connectivity index (χ2v) is 6.67. The second kappa shape index (κ2) is 6.80. The lowest BCUT2D eigenvalue weighted by molar-refractivity contribution is 0.629. The Balaban J connectivity index is 1.83. The van der Waals surface area contributed by atoms with E-state index in [1.165, 1.54) is 12.1 Å². The van der Waals surface area contributed by atoms with Crippen molar-refractivity contribution >= 4 is 28.5 Å². The van der Waals surface area contributed by atoms with Crippen LogP contribution >= 0.6 is 0 Å². The van der Waals surface area contributed by atoms with Crippen LogP contribution < -0.4 is 16.1 Å². The number of halogens is 1. The van der Waals surface area contributed by atoms with E-state index in [0.29, 0.717) is 22.7 Å². The van der Waals surface area contributed by atoms with Gasteiger partial charge in [0.2, 0.25) is 5.95 Å². The molecule has 0 spiro atoms. The van der Waals surface area contributed by atoms with Gasteiger partial charge in [-0.1, -0.05) is 12.1 Å². The van der Waals surface area contributed by atoms with Crippen LogP contribution in [0.3, 0.4) is 0 Å². The minimum Gasteiger partial charge on any atom is -0.378 e. The molecule has 0 aliphatic heterocycles. The first-order chi connectivity index (χ1) is 13.4. The molecule has 7 nitrogen and oxygen atoms in total. The number of nitrogens with one attached hydrogen (secondary N) is 1. The SMILES string of the molecule is Cc1nc2c(-c3ccc(N(C)C)cc3)cc(F)cc2n1Nc1ccnc(N)n1. The van der Waals surface area contributed by atoms with E-state index in [1.54, 1.807) is 16.9 Å². The monoisotopic (exact) mass is 377 g/mol. The number of aromatic nitrogens is 4. The average molecular weight is 377 g/mol. The van der Waals surface area contributed by atoms with Crippen molar-refractivity contribution in [2.45, 2.75) is 6.92 Å². The molecular formula is C20H20FN7. The molecule has 28 heavy (non-hydrogen) atoms. The van der Waals surface area contributed by atoms with Crippen LogP contribution in [-0.4, -0.2) is 33.7 Å². The first kappa shape index (κ1) is 17.7. The number of nitrogen functional groups attached to an aromatic ring is 1. The molecule has 0 atom stereocenters. The molecule has 4 aromatic rings. The van der Waals surface area contributed by atoms with E-state index in [9.17, 15) is 4.39 Å². The van der Waals surface area contributed by atoms with Gasteiger partial charge < -0.3 is 10.6 Å². The van der Waals surface area contributed by atoms with Crippen molar-refractivity contribution in [2.24, 2.45) is 0 Å². The quantitative estimate of drug-likeness (QED) is 0.567. The molecule has 0 aliphatic carbocycles. The number of nitrogens with zero attached hydrogens (tertiary/aromatic N) is 5. The van der Waals surface area contributed by atoms with E-state index in [1.807, 2.05) is 50.2 Å². The van der Waals surface area contributed by atoms with Crippen LogP contribution in [0.5, 0.6) is 0 Å². The molecule has 0 saturated carbocycles. The number of aryl methyl sites for hydroxylation is 1. The summed E-state index contributed by atoms with van der Waals surface area (Å²) in [6.45, 7) is 1.84. The predicted molar refractivity (Wildman–Crippen MR) is 110 cm³/mol. The van der Waals surface area contributed by atoms with E-state index in [0.717, 1.165) is 16.8 Å². The molecule has 0 saturated heterocycles. The van der Waals surface area contributed by atoms with Crippen molar-refractivity contribution in [3.05, 3.63) is 60.3 Å². The maximum absolute atomic E-state index is 14.5. The molecule has 0 radical (unpaired) electrons. The largest absolute Gasteiger partial charge is 0.378 e. The highest BCUT2D eigenvalue weighted by atomic mass is 19.1. The van der Waals surface area contributed by atoms with Crippen LogP contribution in [0.4, 0.5) is 21.8 Å². The summed E-state index contributed by atoms with van der Waals surface area (Å²) in [4.78, 5) is 14.7. The highest BCUT2D eigenvalue weighted by molar-refractivity contribution is 5.93. The molecule has 2 heterocycles. The van der Waals surface area contributed by atoms with Gasteiger partial charge in [0.05, 0.1) is 11.0 Å². The maximum Gasteiger partial charge on any atom is 0.221 e. The molecule has 3 N–H and O–H groups in total. The van der Waals surface area contributed by atoms with Gasteiger partial charge in [-0.3, -0.25) is 5.43 Å². The van der Waals surface area contributed by atoms with E-state index in [4.69, 9.17) is 5.73 Å². The fourth-order valence-corrected chi connectivity index (χ4v) is 3.11. The molecule has 0 unspecified atom stereocenters. The summed E-state index contributed by atoms with van der Waals surface area (Å²) in [7, 11) is 3.96. The molecular weight excluding hydrogens is 357 g/mol. The Morgan fingerprint density at radius 1 is 1.07 bits per heavy atom. The molecule has 2 aromatic heterocycles. The van der Waals surface area contributed by atoms with Gasteiger partial charge in [-0.15, -0.1) is 0 Å². The molecule has 2 aromatic carbocycles. The van der Waals surface area contributed by atoms with Crippen molar-refractivity contribution in [1.82, 2.24) is 19.6 Å². The van der Waals surface area contributed by atoms with Crippen molar-refractivity contribution < 1.29 is 4.39 Å². The second-order valence-electron chi connectivity index (χ2n) is 6.67. The van der Waals surface area contributed by atoms with Crippen molar-refractivity contribution in [3.63, 3.8) is 0 Å². The third-order valence-corrected chi connectivity index (χ3v) is 4.49. The highest BCUT2D eigenvalue weighted by Gasteiger charge is 2.15. The summed E-state index contributed by atoms with van der Waals surface area (Å²) in [6, 6.07) is 12.6. The number of nitrogens with two attached hydrogens (primary N) is 1. The fraction of sp³-hybridized carbons (Fsp3) is 0.150. The topological polar surface area (TPSA) is 84.9 Å². The molecule has 0 bridgehead atoms. The van der Waals surface area contributed by atoms with E-state index < -0.39 is 0 Å². The lowest BCUT2D eigenvalue weighted by Gasteiger charge is -2.13. The predicted octanol–water partition coefficient (Wildman–Crippen LogP) is 3.46. The van der Waals surface area contributed by atoms with Gasteiger partial charge in [-0.05, 0) is 30.7 Å². The third kappa shape index (κ3) is 3.20. The fourth-order valence-electron chi connectivity index (χ4n) is 3.11. The number of imidazole rings is 1. The number of hydrogen-bond acceptors (Lipinski definition) is 6. The van der Waals surface area contributed by atoms with E-state index in [-0.39, 0.29) is 11.8 Å². The first-order valence-electron chi connectivity index (χ1n) is 8.74. The van der Waals surface area contributed by atoms with Crippen LogP contribution in [0.1, 0.15) is 5.82 Å². The lowest BCUT2D eigenvalue weighted by atomic mass is 10.0. The van der Waals surface area contributed by atoms with Gasteiger partial charge >= 0.3 is 0 Å². The Kier molecular flexibility index (Phi) is 4.31. The standard InChI is InChI=1S/C20H20FN7/c1-12-24-19-16(13-4-6-15(7-5-13)27(2)3)10-14(21)11-17(19)28(12)26-18-8-9-23-20(22)25-18/h4-11H,1-3H3,(H3,22,23,25,26). The summed E-state index contributed by atoms with van der Waals surface area (Å²) in [5.74, 6) is 0.976. The lowest BCUT2D eigenvalue weighted by Crippen LogP contribution is -2.12. The Morgan fingerprint density at radius 2 is 1.82 bits per heavy atom. The van der Waals surface area contributed by atoms with Crippen LogP contribution in [-0.2, 0) is 0 Å². The summed E-state index contributed by atoms with van der Waals surface area (Å²) >= 11 is 0. The van der Waals surface area contributed by atoms with Gasteiger partial charge in [0.25, 0.3) is 0 Å². The zero-order chi connectivity index (χ0) is 19.8. The van der Waals surface area contributed by atoms with Gasteiger partial charge in [0, 0.05) is 43.7 Å². The van der Waals surface area contributed by atoms with Crippen LogP contribution in [0, 0.1) is 12.7 Å². The molecule has 0 aliphatic rings. The molecule has 8 heteroatoms.